The predicted molar refractivity (Wildman–Crippen MR) is 71.6 cm³/mol. The van der Waals surface area contributed by atoms with E-state index < -0.39 is 0 Å². The van der Waals surface area contributed by atoms with Crippen LogP contribution in [-0.2, 0) is 17.1 Å². The van der Waals surface area contributed by atoms with E-state index in [1.807, 2.05) is 6.92 Å². The number of rotatable bonds is 6. The van der Waals surface area contributed by atoms with E-state index in [1.165, 1.54) is 0 Å². The highest BCUT2D eigenvalue weighted by Gasteiger charge is 2.15. The summed E-state index contributed by atoms with van der Waals surface area (Å²) >= 11 is 3.42. The van der Waals surface area contributed by atoms with Crippen molar-refractivity contribution in [3.63, 3.8) is 0 Å². The van der Waals surface area contributed by atoms with Gasteiger partial charge < -0.3 is 9.26 Å². The molecule has 0 fully saturated rings. The second-order valence-corrected chi connectivity index (χ2v) is 6.09. The van der Waals surface area contributed by atoms with Gasteiger partial charge in [0.2, 0.25) is 5.89 Å². The molecule has 7 heteroatoms. The van der Waals surface area contributed by atoms with Crippen LogP contribution in [0.1, 0.15) is 34.6 Å². The Kier molecular flexibility index (Phi) is 4.73. The number of aromatic nitrogens is 3. The van der Waals surface area contributed by atoms with Crippen LogP contribution in [0.2, 0.25) is 0 Å². The van der Waals surface area contributed by atoms with E-state index in [0.717, 1.165) is 16.5 Å². The van der Waals surface area contributed by atoms with Crippen molar-refractivity contribution in [2.45, 2.75) is 31.5 Å². The molecule has 0 aromatic carbocycles. The first-order valence-electron chi connectivity index (χ1n) is 5.53. The quantitative estimate of drug-likeness (QED) is 0.813. The van der Waals surface area contributed by atoms with Gasteiger partial charge in [0.15, 0.2) is 5.82 Å². The molecule has 0 aliphatic heterocycles. The third-order valence-corrected chi connectivity index (χ3v) is 4.52. The van der Waals surface area contributed by atoms with Crippen LogP contribution in [0, 0.1) is 6.92 Å². The molecule has 1 atom stereocenters. The average molecular weight is 285 g/mol. The lowest BCUT2D eigenvalue weighted by atomic mass is 10.5. The van der Waals surface area contributed by atoms with Gasteiger partial charge in [-0.25, -0.2) is 4.98 Å². The van der Waals surface area contributed by atoms with Gasteiger partial charge in [-0.05, 0) is 13.8 Å². The normalized spacial score (nSPS) is 12.8. The van der Waals surface area contributed by atoms with E-state index in [2.05, 4.69) is 27.4 Å². The zero-order valence-electron chi connectivity index (χ0n) is 10.5. The van der Waals surface area contributed by atoms with Crippen molar-refractivity contribution in [2.24, 2.45) is 0 Å². The highest BCUT2D eigenvalue weighted by molar-refractivity contribution is 7.98. The first-order valence-corrected chi connectivity index (χ1v) is 7.46. The van der Waals surface area contributed by atoms with Gasteiger partial charge in [-0.2, -0.15) is 4.98 Å². The molecule has 0 saturated heterocycles. The van der Waals surface area contributed by atoms with Crippen LogP contribution in [0.5, 0.6) is 0 Å². The molecule has 0 unspecified atom stereocenters. The number of hydrogen-bond donors (Lipinski definition) is 0. The smallest absolute Gasteiger partial charge is 0.239 e. The Morgan fingerprint density at radius 2 is 2.33 bits per heavy atom. The van der Waals surface area contributed by atoms with Gasteiger partial charge in [-0.3, -0.25) is 0 Å². The lowest BCUT2D eigenvalue weighted by Gasteiger charge is -2.03. The second kappa shape index (κ2) is 6.31. The van der Waals surface area contributed by atoms with Crippen molar-refractivity contribution in [1.82, 2.24) is 15.1 Å². The number of methoxy groups -OCH3 is 1. The summed E-state index contributed by atoms with van der Waals surface area (Å²) in [5, 5.41) is 7.19. The van der Waals surface area contributed by atoms with Gasteiger partial charge in [0.1, 0.15) is 11.6 Å². The van der Waals surface area contributed by atoms with Gasteiger partial charge in [0, 0.05) is 23.9 Å². The summed E-state index contributed by atoms with van der Waals surface area (Å²) < 4.78 is 10.1. The summed E-state index contributed by atoms with van der Waals surface area (Å²) in [6.07, 6.45) is 0. The van der Waals surface area contributed by atoms with Crippen molar-refractivity contribution in [3.05, 3.63) is 27.8 Å². The molecule has 18 heavy (non-hydrogen) atoms. The molecule has 2 aromatic rings. The highest BCUT2D eigenvalue weighted by atomic mass is 32.2. The zero-order chi connectivity index (χ0) is 13.0. The van der Waals surface area contributed by atoms with E-state index in [1.54, 1.807) is 30.2 Å². The number of thioether (sulfide) groups is 1. The molecular formula is C11H15N3O2S2. The number of ether oxygens (including phenoxy) is 1. The lowest BCUT2D eigenvalue weighted by molar-refractivity contribution is 0.174. The topological polar surface area (TPSA) is 61.0 Å². The van der Waals surface area contributed by atoms with Crippen molar-refractivity contribution < 1.29 is 9.26 Å². The van der Waals surface area contributed by atoms with Crippen LogP contribution in [0.4, 0.5) is 0 Å². The van der Waals surface area contributed by atoms with E-state index in [4.69, 9.17) is 9.26 Å². The minimum absolute atomic E-state index is 0.160. The maximum absolute atomic E-state index is 5.19. The van der Waals surface area contributed by atoms with Crippen LogP contribution in [0.15, 0.2) is 9.90 Å². The number of hydrogen-bond acceptors (Lipinski definition) is 7. The zero-order valence-corrected chi connectivity index (χ0v) is 12.2. The molecule has 0 aliphatic carbocycles. The van der Waals surface area contributed by atoms with E-state index >= 15 is 0 Å². The van der Waals surface area contributed by atoms with Crippen LogP contribution in [0.25, 0.3) is 0 Å². The molecule has 0 bridgehead atoms. The standard InChI is InChI=1S/C11H15N3O2S2/c1-7-5-18-10(12-7)6-17-8(2)11-13-9(4-15-3)14-16-11/h5,8H,4,6H2,1-3H3/t8-/m1/s1. The molecule has 0 N–H and O–H groups in total. The molecule has 0 spiro atoms. The number of thiazole rings is 1. The second-order valence-electron chi connectivity index (χ2n) is 3.82. The Labute approximate surface area is 114 Å². The fraction of sp³-hybridized carbons (Fsp3) is 0.545. The summed E-state index contributed by atoms with van der Waals surface area (Å²) in [6.45, 7) is 4.44. The molecule has 0 amide bonds. The van der Waals surface area contributed by atoms with Gasteiger partial charge in [0.05, 0.1) is 5.25 Å². The van der Waals surface area contributed by atoms with Gasteiger partial charge in [-0.1, -0.05) is 5.16 Å². The van der Waals surface area contributed by atoms with Gasteiger partial charge in [-0.15, -0.1) is 23.1 Å². The molecule has 0 saturated carbocycles. The summed E-state index contributed by atoms with van der Waals surface area (Å²) in [5.74, 6) is 2.09. The monoisotopic (exact) mass is 285 g/mol. The SMILES string of the molecule is COCc1noc([C@@H](C)SCc2nc(C)cs2)n1. The van der Waals surface area contributed by atoms with Crippen molar-refractivity contribution in [3.8, 4) is 0 Å². The van der Waals surface area contributed by atoms with Crippen molar-refractivity contribution in [1.29, 1.82) is 0 Å². The minimum Gasteiger partial charge on any atom is -0.377 e. The van der Waals surface area contributed by atoms with Crippen molar-refractivity contribution >= 4 is 23.1 Å². The Morgan fingerprint density at radius 3 is 3.00 bits per heavy atom. The lowest BCUT2D eigenvalue weighted by Crippen LogP contribution is -1.93. The predicted octanol–water partition coefficient (Wildman–Crippen LogP) is 2.98. The molecule has 2 aromatic heterocycles. The first kappa shape index (κ1) is 13.5. The third kappa shape index (κ3) is 3.54. The average Bonchev–Trinajstić information content (AvgIpc) is 2.96. The van der Waals surface area contributed by atoms with Crippen LogP contribution in [-0.4, -0.2) is 22.2 Å². The minimum atomic E-state index is 0.160. The molecular weight excluding hydrogens is 270 g/mol. The summed E-state index contributed by atoms with van der Waals surface area (Å²) in [4.78, 5) is 8.70. The molecule has 0 radical (unpaired) electrons. The first-order chi connectivity index (χ1) is 8.69. The molecule has 2 heterocycles. The number of nitrogens with zero attached hydrogens (tertiary/aromatic N) is 3. The maximum atomic E-state index is 5.19. The molecule has 0 aliphatic rings. The fourth-order valence-electron chi connectivity index (χ4n) is 1.36. The fourth-order valence-corrected chi connectivity index (χ4v) is 3.08. The Balaban J connectivity index is 1.88. The van der Waals surface area contributed by atoms with E-state index in [9.17, 15) is 0 Å². The number of aryl methyl sites for hydroxylation is 1. The largest absolute Gasteiger partial charge is 0.377 e. The summed E-state index contributed by atoms with van der Waals surface area (Å²) in [7, 11) is 1.61. The molecule has 2 rings (SSSR count). The molecule has 5 nitrogen and oxygen atoms in total. The summed E-state index contributed by atoms with van der Waals surface area (Å²) in [5.41, 5.74) is 1.07. The van der Waals surface area contributed by atoms with E-state index in [0.29, 0.717) is 18.3 Å². The van der Waals surface area contributed by atoms with Crippen LogP contribution < -0.4 is 0 Å². The van der Waals surface area contributed by atoms with E-state index in [-0.39, 0.29) is 5.25 Å². The van der Waals surface area contributed by atoms with Crippen LogP contribution in [0.3, 0.4) is 0 Å². The van der Waals surface area contributed by atoms with Crippen LogP contribution >= 0.6 is 23.1 Å². The maximum Gasteiger partial charge on any atom is 0.239 e. The Hall–Kier alpha value is -0.920. The van der Waals surface area contributed by atoms with Crippen molar-refractivity contribution in [2.75, 3.05) is 7.11 Å². The Morgan fingerprint density at radius 1 is 1.50 bits per heavy atom. The summed E-state index contributed by atoms with van der Waals surface area (Å²) in [6, 6.07) is 0. The Bertz CT molecular complexity index is 498. The third-order valence-electron chi connectivity index (χ3n) is 2.23. The molecule has 98 valence electrons. The van der Waals surface area contributed by atoms with Gasteiger partial charge >= 0.3 is 0 Å². The highest BCUT2D eigenvalue weighted by Crippen LogP contribution is 2.30. The van der Waals surface area contributed by atoms with Gasteiger partial charge in [0.25, 0.3) is 0 Å².